The Balaban J connectivity index is 1.98. The van der Waals surface area contributed by atoms with Gasteiger partial charge in [0.1, 0.15) is 0 Å². The van der Waals surface area contributed by atoms with Crippen molar-refractivity contribution in [1.29, 1.82) is 0 Å². The normalized spacial score (nSPS) is 20.2. The number of fused-ring (bicyclic) bond motifs is 1. The second-order valence-electron chi connectivity index (χ2n) is 5.69. The molecule has 1 aliphatic carbocycles. The number of rotatable bonds is 5. The molecule has 1 aliphatic heterocycles. The minimum atomic E-state index is 0.118. The molecule has 2 heterocycles. The lowest BCUT2D eigenvalue weighted by molar-refractivity contribution is 0.313. The van der Waals surface area contributed by atoms with Crippen molar-refractivity contribution >= 4 is 42.5 Å². The van der Waals surface area contributed by atoms with Gasteiger partial charge < -0.3 is 14.0 Å². The number of allylic oxidation sites excluding steroid dienone is 7. The fraction of sp³-hybridized carbons (Fsp3) is 0.278. The molecule has 1 unspecified atom stereocenters. The van der Waals surface area contributed by atoms with Crippen molar-refractivity contribution in [3.05, 3.63) is 58.8 Å². The van der Waals surface area contributed by atoms with E-state index in [9.17, 15) is 0 Å². The zero-order chi connectivity index (χ0) is 18.5. The Bertz CT molecular complexity index is 861. The summed E-state index contributed by atoms with van der Waals surface area (Å²) in [4.78, 5) is 9.88. The fourth-order valence-electron chi connectivity index (χ4n) is 2.70. The maximum Gasteiger partial charge on any atom is 0.174 e. The van der Waals surface area contributed by atoms with Crippen molar-refractivity contribution in [2.24, 2.45) is 15.3 Å². The minimum Gasteiger partial charge on any atom is -0.493 e. The van der Waals surface area contributed by atoms with Crippen LogP contribution < -0.4 is 4.72 Å². The molecule has 1 aromatic rings. The van der Waals surface area contributed by atoms with Gasteiger partial charge in [0.25, 0.3) is 0 Å². The predicted molar refractivity (Wildman–Crippen MR) is 112 cm³/mol. The van der Waals surface area contributed by atoms with Crippen LogP contribution in [0.15, 0.2) is 62.5 Å². The van der Waals surface area contributed by atoms with E-state index < -0.39 is 0 Å². The van der Waals surface area contributed by atoms with Crippen molar-refractivity contribution in [1.82, 2.24) is 14.3 Å². The molecule has 0 radical (unpaired) electrons. The number of aryl methyl sites for hydroxylation is 1. The van der Waals surface area contributed by atoms with Crippen LogP contribution in [0, 0.1) is 12.8 Å². The van der Waals surface area contributed by atoms with Crippen LogP contribution in [0.25, 0.3) is 5.70 Å². The number of nitrogens with zero attached hydrogens (tertiary/aromatic N) is 4. The van der Waals surface area contributed by atoms with E-state index >= 15 is 0 Å². The number of hydrogen-bond acceptors (Lipinski definition) is 6. The molecule has 0 aromatic carbocycles. The second kappa shape index (κ2) is 8.46. The Morgan fingerprint density at radius 3 is 3.00 bits per heavy atom. The molecule has 0 saturated carbocycles. The molecule has 26 heavy (non-hydrogen) atoms. The summed E-state index contributed by atoms with van der Waals surface area (Å²) in [6.45, 7) is 4.58. The highest BCUT2D eigenvalue weighted by Gasteiger charge is 2.23. The standard InChI is InChI=1S/C18H21N5OS2/c1-4-19-18(22-25)16(24-3)8-13-5-6-15(23-10-12(2)20-11-23)17-14(7-13)9-21-26-17/h5-11,14,25H,4H2,1-3H3,(H,19,22)/b16-8-. The number of amidine groups is 1. The maximum absolute atomic E-state index is 5.50. The van der Waals surface area contributed by atoms with E-state index in [1.54, 1.807) is 7.11 Å². The lowest BCUT2D eigenvalue weighted by Crippen LogP contribution is -2.18. The van der Waals surface area contributed by atoms with Gasteiger partial charge in [-0.3, -0.25) is 4.99 Å². The predicted octanol–water partition coefficient (Wildman–Crippen LogP) is 3.59. The minimum absolute atomic E-state index is 0.118. The lowest BCUT2D eigenvalue weighted by atomic mass is 10.1. The second-order valence-corrected chi connectivity index (χ2v) is 6.75. The van der Waals surface area contributed by atoms with Gasteiger partial charge in [-0.1, -0.05) is 25.0 Å². The largest absolute Gasteiger partial charge is 0.493 e. The summed E-state index contributed by atoms with van der Waals surface area (Å²) in [7, 11) is 1.62. The zero-order valence-electron chi connectivity index (χ0n) is 14.9. The van der Waals surface area contributed by atoms with Crippen LogP contribution in [-0.4, -0.2) is 35.3 Å². The van der Waals surface area contributed by atoms with Crippen molar-refractivity contribution < 1.29 is 4.74 Å². The molecule has 0 saturated heterocycles. The highest BCUT2D eigenvalue weighted by atomic mass is 32.2. The van der Waals surface area contributed by atoms with Gasteiger partial charge in [0.2, 0.25) is 0 Å². The topological polar surface area (TPSA) is 63.8 Å². The first kappa shape index (κ1) is 18.6. The van der Waals surface area contributed by atoms with Gasteiger partial charge in [-0.15, -0.1) is 0 Å². The smallest absolute Gasteiger partial charge is 0.174 e. The number of ether oxygens (including phenoxy) is 1. The number of aliphatic imine (C=N–C) groups is 1. The molecular formula is C18H21N5OS2. The van der Waals surface area contributed by atoms with Gasteiger partial charge >= 0.3 is 0 Å². The Hall–Kier alpha value is -2.19. The van der Waals surface area contributed by atoms with E-state index in [1.807, 2.05) is 43.2 Å². The molecule has 1 aromatic heterocycles. The van der Waals surface area contributed by atoms with Gasteiger partial charge in [0.15, 0.2) is 11.6 Å². The zero-order valence-corrected chi connectivity index (χ0v) is 16.6. The lowest BCUT2D eigenvalue weighted by Gasteiger charge is -2.10. The summed E-state index contributed by atoms with van der Waals surface area (Å²) in [6, 6.07) is 0. The Kier molecular flexibility index (Phi) is 6.05. The molecular weight excluding hydrogens is 366 g/mol. The third kappa shape index (κ3) is 3.96. The Labute approximate surface area is 163 Å². The average molecular weight is 388 g/mol. The van der Waals surface area contributed by atoms with Gasteiger partial charge in [0, 0.05) is 41.7 Å². The quantitative estimate of drug-likeness (QED) is 0.266. The van der Waals surface area contributed by atoms with Crippen LogP contribution in [-0.2, 0) is 4.74 Å². The molecule has 0 fully saturated rings. The fourth-order valence-corrected chi connectivity index (χ4v) is 3.71. The third-order valence-corrected chi connectivity index (χ3v) is 5.01. The molecule has 1 N–H and O–H groups in total. The van der Waals surface area contributed by atoms with E-state index in [2.05, 4.69) is 50.1 Å². The molecule has 0 spiro atoms. The first-order chi connectivity index (χ1) is 12.7. The number of aromatic nitrogens is 2. The molecule has 1 atom stereocenters. The van der Waals surface area contributed by atoms with Crippen LogP contribution in [0.5, 0.6) is 0 Å². The van der Waals surface area contributed by atoms with Gasteiger partial charge in [-0.05, 0) is 31.6 Å². The number of thiol groups is 1. The number of methoxy groups -OCH3 is 1. The molecule has 0 bridgehead atoms. The molecule has 136 valence electrons. The van der Waals surface area contributed by atoms with E-state index in [-0.39, 0.29) is 5.92 Å². The SMILES string of the molecule is CCN=C(NS)/C(=C/C1=CC2C=NSC2=C(n2cnc(C)c2)C=C1)OC. The molecule has 2 aliphatic rings. The monoisotopic (exact) mass is 387 g/mol. The van der Waals surface area contributed by atoms with Gasteiger partial charge in [-0.2, -0.15) is 0 Å². The van der Waals surface area contributed by atoms with E-state index in [0.717, 1.165) is 17.0 Å². The summed E-state index contributed by atoms with van der Waals surface area (Å²) in [5.41, 5.74) is 3.07. The highest BCUT2D eigenvalue weighted by molar-refractivity contribution is 8.02. The van der Waals surface area contributed by atoms with Crippen LogP contribution in [0.4, 0.5) is 0 Å². The van der Waals surface area contributed by atoms with Crippen LogP contribution in [0.2, 0.25) is 0 Å². The molecule has 8 heteroatoms. The summed E-state index contributed by atoms with van der Waals surface area (Å²) in [5, 5.41) is 0. The molecule has 0 amide bonds. The van der Waals surface area contributed by atoms with Crippen LogP contribution in [0.3, 0.4) is 0 Å². The summed E-state index contributed by atoms with van der Waals surface area (Å²) >= 11 is 5.63. The molecule has 3 rings (SSSR count). The molecule has 6 nitrogen and oxygen atoms in total. The summed E-state index contributed by atoms with van der Waals surface area (Å²) < 4.78 is 14.7. The first-order valence-electron chi connectivity index (χ1n) is 8.22. The van der Waals surface area contributed by atoms with Crippen LogP contribution >= 0.6 is 24.8 Å². The number of hydrogen-bond donors (Lipinski definition) is 2. The maximum atomic E-state index is 5.50. The van der Waals surface area contributed by atoms with E-state index in [4.69, 9.17) is 4.74 Å². The number of nitrogens with one attached hydrogen (secondary N) is 1. The highest BCUT2D eigenvalue weighted by Crippen LogP contribution is 2.39. The van der Waals surface area contributed by atoms with Gasteiger partial charge in [0.05, 0.1) is 24.8 Å². The van der Waals surface area contributed by atoms with Crippen molar-refractivity contribution in [2.75, 3.05) is 13.7 Å². The first-order valence-corrected chi connectivity index (χ1v) is 9.44. The van der Waals surface area contributed by atoms with Crippen molar-refractivity contribution in [3.63, 3.8) is 0 Å². The van der Waals surface area contributed by atoms with E-state index in [0.29, 0.717) is 18.1 Å². The van der Waals surface area contributed by atoms with E-state index in [1.165, 1.54) is 16.9 Å². The Morgan fingerprint density at radius 1 is 1.50 bits per heavy atom. The van der Waals surface area contributed by atoms with Crippen molar-refractivity contribution in [2.45, 2.75) is 13.8 Å². The van der Waals surface area contributed by atoms with Crippen molar-refractivity contribution in [3.8, 4) is 0 Å². The summed E-state index contributed by atoms with van der Waals surface area (Å²) in [6.07, 6.45) is 14.0. The van der Waals surface area contributed by atoms with Crippen LogP contribution in [0.1, 0.15) is 12.6 Å². The third-order valence-electron chi connectivity index (χ3n) is 3.90. The Morgan fingerprint density at radius 2 is 2.35 bits per heavy atom. The summed E-state index contributed by atoms with van der Waals surface area (Å²) in [5.74, 6) is 1.35. The average Bonchev–Trinajstić information content (AvgIpc) is 3.24. The van der Waals surface area contributed by atoms with Gasteiger partial charge in [-0.25, -0.2) is 9.38 Å². The number of imidazole rings is 1.